The lowest BCUT2D eigenvalue weighted by atomic mass is 10.2. The van der Waals surface area contributed by atoms with Crippen LogP contribution in [0.4, 0.5) is 4.79 Å². The van der Waals surface area contributed by atoms with Gasteiger partial charge in [0.2, 0.25) is 0 Å². The van der Waals surface area contributed by atoms with Gasteiger partial charge in [0.15, 0.2) is 0 Å². The van der Waals surface area contributed by atoms with E-state index in [2.05, 4.69) is 0 Å². The minimum Gasteiger partial charge on any atom is -0.312 e. The Morgan fingerprint density at radius 2 is 1.80 bits per heavy atom. The molecule has 2 fully saturated rings. The summed E-state index contributed by atoms with van der Waals surface area (Å²) in [5.41, 5.74) is 0. The Labute approximate surface area is 90.2 Å². The van der Waals surface area contributed by atoms with Crippen molar-refractivity contribution in [2.24, 2.45) is 0 Å². The highest BCUT2D eigenvalue weighted by atomic mass is 16.2. The molecule has 0 aromatic rings. The molecule has 3 amide bonds. The van der Waals surface area contributed by atoms with Crippen LogP contribution in [0.25, 0.3) is 0 Å². The highest BCUT2D eigenvalue weighted by Gasteiger charge is 2.41. The fraction of sp³-hybridized carbons (Fsp3) is 0.818. The van der Waals surface area contributed by atoms with Crippen LogP contribution in [0.3, 0.4) is 0 Å². The number of hydrogen-bond acceptors (Lipinski definition) is 2. The lowest BCUT2D eigenvalue weighted by molar-refractivity contribution is -0.126. The zero-order valence-electron chi connectivity index (χ0n) is 9.40. The first-order chi connectivity index (χ1) is 7.11. The minimum absolute atomic E-state index is 0.0172. The van der Waals surface area contributed by atoms with Gasteiger partial charge in [-0.3, -0.25) is 9.69 Å². The molecule has 1 aliphatic carbocycles. The predicted octanol–water partition coefficient (Wildman–Crippen LogP) is 1.60. The number of amides is 3. The number of imide groups is 1. The van der Waals surface area contributed by atoms with Crippen LogP contribution in [-0.2, 0) is 4.79 Å². The van der Waals surface area contributed by atoms with E-state index in [1.165, 1.54) is 17.7 Å². The number of carbonyl (C=O) groups is 2. The van der Waals surface area contributed by atoms with Gasteiger partial charge in [-0.15, -0.1) is 0 Å². The van der Waals surface area contributed by atoms with Crippen molar-refractivity contribution in [1.82, 2.24) is 9.80 Å². The molecule has 0 N–H and O–H groups in total. The molecule has 0 atom stereocenters. The van der Waals surface area contributed by atoms with Crippen LogP contribution in [0, 0.1) is 0 Å². The second-order valence-corrected chi connectivity index (χ2v) is 4.71. The Bertz CT molecular complexity index is 282. The molecule has 2 rings (SSSR count). The largest absolute Gasteiger partial charge is 0.327 e. The van der Waals surface area contributed by atoms with Gasteiger partial charge in [0.25, 0.3) is 5.91 Å². The normalized spacial score (nSPS) is 23.7. The summed E-state index contributed by atoms with van der Waals surface area (Å²) in [7, 11) is 0. The van der Waals surface area contributed by atoms with Crippen LogP contribution in [0.2, 0.25) is 0 Å². The molecule has 1 saturated carbocycles. The van der Waals surface area contributed by atoms with Crippen molar-refractivity contribution in [3.8, 4) is 0 Å². The van der Waals surface area contributed by atoms with E-state index in [0.717, 1.165) is 12.8 Å². The maximum atomic E-state index is 12.0. The standard InChI is InChI=1S/C11H18N2O2/c1-8(2)13-10(14)7-12(11(13)15)9-5-3-4-6-9/h8-9H,3-7H2,1-2H3. The number of urea groups is 1. The fourth-order valence-electron chi connectivity index (χ4n) is 2.54. The SMILES string of the molecule is CC(C)N1C(=O)CN(C2CCCC2)C1=O. The summed E-state index contributed by atoms with van der Waals surface area (Å²) in [6.45, 7) is 4.06. The summed E-state index contributed by atoms with van der Waals surface area (Å²) in [6, 6.07) is 0.212. The van der Waals surface area contributed by atoms with Gasteiger partial charge in [-0.1, -0.05) is 12.8 Å². The van der Waals surface area contributed by atoms with Gasteiger partial charge in [0.05, 0.1) is 0 Å². The Morgan fingerprint density at radius 3 is 2.27 bits per heavy atom. The Kier molecular flexibility index (Phi) is 2.67. The predicted molar refractivity (Wildman–Crippen MR) is 56.3 cm³/mol. The van der Waals surface area contributed by atoms with E-state index in [-0.39, 0.29) is 18.0 Å². The fourth-order valence-corrected chi connectivity index (χ4v) is 2.54. The molecule has 84 valence electrons. The van der Waals surface area contributed by atoms with Crippen LogP contribution in [0.1, 0.15) is 39.5 Å². The van der Waals surface area contributed by atoms with Crippen molar-refractivity contribution >= 4 is 11.9 Å². The van der Waals surface area contributed by atoms with Crippen molar-refractivity contribution in [2.45, 2.75) is 51.6 Å². The maximum absolute atomic E-state index is 12.0. The third-order valence-electron chi connectivity index (χ3n) is 3.31. The van der Waals surface area contributed by atoms with Gasteiger partial charge in [0.1, 0.15) is 6.54 Å². The minimum atomic E-state index is -0.0816. The molecule has 1 heterocycles. The topological polar surface area (TPSA) is 40.6 Å². The molecular formula is C11H18N2O2. The highest BCUT2D eigenvalue weighted by molar-refractivity contribution is 6.02. The molecule has 0 aromatic carbocycles. The molecular weight excluding hydrogens is 192 g/mol. The second kappa shape index (κ2) is 3.83. The van der Waals surface area contributed by atoms with Crippen LogP contribution in [0.5, 0.6) is 0 Å². The van der Waals surface area contributed by atoms with E-state index in [0.29, 0.717) is 12.6 Å². The molecule has 0 aromatic heterocycles. The Morgan fingerprint density at radius 1 is 1.20 bits per heavy atom. The van der Waals surface area contributed by atoms with Crippen molar-refractivity contribution in [3.63, 3.8) is 0 Å². The van der Waals surface area contributed by atoms with Gasteiger partial charge in [-0.05, 0) is 26.7 Å². The first-order valence-electron chi connectivity index (χ1n) is 5.74. The quantitative estimate of drug-likeness (QED) is 0.649. The number of nitrogens with zero attached hydrogens (tertiary/aromatic N) is 2. The molecule has 15 heavy (non-hydrogen) atoms. The summed E-state index contributed by atoms with van der Waals surface area (Å²) in [4.78, 5) is 26.8. The van der Waals surface area contributed by atoms with Gasteiger partial charge in [-0.2, -0.15) is 0 Å². The van der Waals surface area contributed by atoms with E-state index in [1.807, 2.05) is 13.8 Å². The van der Waals surface area contributed by atoms with Crippen LogP contribution in [-0.4, -0.2) is 40.4 Å². The summed E-state index contributed by atoms with van der Waals surface area (Å²) in [6.07, 6.45) is 4.49. The van der Waals surface area contributed by atoms with Crippen LogP contribution < -0.4 is 0 Å². The summed E-state index contributed by atoms with van der Waals surface area (Å²) in [5, 5.41) is 0. The lowest BCUT2D eigenvalue weighted by Crippen LogP contribution is -2.40. The second-order valence-electron chi connectivity index (χ2n) is 4.71. The zero-order valence-corrected chi connectivity index (χ0v) is 9.40. The Balaban J connectivity index is 2.10. The highest BCUT2D eigenvalue weighted by Crippen LogP contribution is 2.27. The van der Waals surface area contributed by atoms with E-state index < -0.39 is 0 Å². The van der Waals surface area contributed by atoms with E-state index in [1.54, 1.807) is 4.90 Å². The van der Waals surface area contributed by atoms with E-state index in [4.69, 9.17) is 0 Å². The maximum Gasteiger partial charge on any atom is 0.327 e. The monoisotopic (exact) mass is 210 g/mol. The summed E-state index contributed by atoms with van der Waals surface area (Å²) in [5.74, 6) is -0.0399. The third-order valence-corrected chi connectivity index (χ3v) is 3.31. The summed E-state index contributed by atoms with van der Waals surface area (Å²) < 4.78 is 0. The average molecular weight is 210 g/mol. The zero-order chi connectivity index (χ0) is 11.0. The molecule has 1 saturated heterocycles. The molecule has 0 spiro atoms. The molecule has 2 aliphatic rings. The number of carbonyl (C=O) groups excluding carboxylic acids is 2. The molecule has 4 nitrogen and oxygen atoms in total. The van der Waals surface area contributed by atoms with Gasteiger partial charge < -0.3 is 4.90 Å². The number of hydrogen-bond donors (Lipinski definition) is 0. The van der Waals surface area contributed by atoms with E-state index >= 15 is 0 Å². The lowest BCUT2D eigenvalue weighted by Gasteiger charge is -2.24. The van der Waals surface area contributed by atoms with Crippen molar-refractivity contribution < 1.29 is 9.59 Å². The third kappa shape index (κ3) is 1.73. The molecule has 4 heteroatoms. The summed E-state index contributed by atoms with van der Waals surface area (Å²) >= 11 is 0. The van der Waals surface area contributed by atoms with E-state index in [9.17, 15) is 9.59 Å². The molecule has 0 unspecified atom stereocenters. The van der Waals surface area contributed by atoms with Crippen LogP contribution in [0.15, 0.2) is 0 Å². The smallest absolute Gasteiger partial charge is 0.312 e. The number of rotatable bonds is 2. The van der Waals surface area contributed by atoms with Crippen molar-refractivity contribution in [1.29, 1.82) is 0 Å². The van der Waals surface area contributed by atoms with Gasteiger partial charge in [-0.25, -0.2) is 4.79 Å². The average Bonchev–Trinajstić information content (AvgIpc) is 2.72. The first kappa shape index (κ1) is 10.5. The first-order valence-corrected chi connectivity index (χ1v) is 5.74. The van der Waals surface area contributed by atoms with Crippen molar-refractivity contribution in [3.05, 3.63) is 0 Å². The van der Waals surface area contributed by atoms with Gasteiger partial charge >= 0.3 is 6.03 Å². The van der Waals surface area contributed by atoms with Gasteiger partial charge in [0, 0.05) is 12.1 Å². The van der Waals surface area contributed by atoms with Crippen LogP contribution >= 0.6 is 0 Å². The Hall–Kier alpha value is -1.06. The molecule has 0 radical (unpaired) electrons. The molecule has 0 bridgehead atoms. The molecule has 1 aliphatic heterocycles. The van der Waals surface area contributed by atoms with Crippen molar-refractivity contribution in [2.75, 3.05) is 6.54 Å².